The minimum atomic E-state index is -0.122. The molecule has 2 aliphatic carbocycles. The van der Waals surface area contributed by atoms with E-state index in [1.807, 2.05) is 18.3 Å². The van der Waals surface area contributed by atoms with E-state index in [9.17, 15) is 4.79 Å². The fourth-order valence-electron chi connectivity index (χ4n) is 3.70. The maximum atomic E-state index is 12.4. The molecular weight excluding hydrogens is 330 g/mol. The molecular formula is C19H23N5O2. The zero-order chi connectivity index (χ0) is 17.5. The number of ether oxygens (including phenoxy) is 1. The Bertz CT molecular complexity index is 859. The summed E-state index contributed by atoms with van der Waals surface area (Å²) < 4.78 is 7.28. The summed E-state index contributed by atoms with van der Waals surface area (Å²) in [6.07, 6.45) is 7.75. The van der Waals surface area contributed by atoms with Crippen LogP contribution in [0.1, 0.15) is 61.5 Å². The summed E-state index contributed by atoms with van der Waals surface area (Å²) >= 11 is 0. The van der Waals surface area contributed by atoms with Crippen molar-refractivity contribution in [3.05, 3.63) is 46.3 Å². The third-order valence-corrected chi connectivity index (χ3v) is 5.68. The number of nitrogens with one attached hydrogen (secondary N) is 1. The fraction of sp³-hybridized carbons (Fsp3) is 0.579. The molecule has 0 spiro atoms. The highest BCUT2D eigenvalue weighted by Crippen LogP contribution is 2.38. The van der Waals surface area contributed by atoms with Gasteiger partial charge in [-0.15, -0.1) is 0 Å². The summed E-state index contributed by atoms with van der Waals surface area (Å²) in [5.41, 5.74) is 0.944. The van der Waals surface area contributed by atoms with Gasteiger partial charge >= 0.3 is 0 Å². The summed E-state index contributed by atoms with van der Waals surface area (Å²) in [4.78, 5) is 21.5. The van der Waals surface area contributed by atoms with E-state index in [0.717, 1.165) is 17.3 Å². The topological polar surface area (TPSA) is 81.9 Å². The molecule has 5 rings (SSSR count). The molecule has 1 aliphatic heterocycles. The van der Waals surface area contributed by atoms with Gasteiger partial charge in [0.1, 0.15) is 17.7 Å². The first-order chi connectivity index (χ1) is 12.8. The van der Waals surface area contributed by atoms with E-state index in [1.165, 1.54) is 32.1 Å². The number of nitrogens with zero attached hydrogens (tertiary/aromatic N) is 4. The Kier molecular flexibility index (Phi) is 3.96. The lowest BCUT2D eigenvalue weighted by atomic mass is 9.85. The average Bonchev–Trinajstić information content (AvgIpc) is 3.35. The van der Waals surface area contributed by atoms with Crippen LogP contribution in [-0.2, 0) is 4.74 Å². The molecule has 7 nitrogen and oxygen atoms in total. The minimum absolute atomic E-state index is 0.0289. The van der Waals surface area contributed by atoms with Gasteiger partial charge in [-0.25, -0.2) is 14.6 Å². The third kappa shape index (κ3) is 3.00. The first-order valence-electron chi connectivity index (χ1n) is 9.55. The Hall–Kier alpha value is -2.28. The minimum Gasteiger partial charge on any atom is -0.377 e. The molecule has 2 aromatic rings. The number of rotatable bonds is 5. The van der Waals surface area contributed by atoms with Crippen molar-refractivity contribution in [2.24, 2.45) is 0 Å². The Balaban J connectivity index is 1.37. The van der Waals surface area contributed by atoms with E-state index in [-0.39, 0.29) is 17.6 Å². The van der Waals surface area contributed by atoms with Gasteiger partial charge in [-0.1, -0.05) is 6.42 Å². The van der Waals surface area contributed by atoms with Crippen LogP contribution in [0.2, 0.25) is 0 Å². The summed E-state index contributed by atoms with van der Waals surface area (Å²) in [7, 11) is 0. The molecule has 2 saturated carbocycles. The molecule has 3 fully saturated rings. The number of anilines is 1. The van der Waals surface area contributed by atoms with Crippen molar-refractivity contribution in [2.45, 2.75) is 56.0 Å². The van der Waals surface area contributed by atoms with Crippen molar-refractivity contribution in [1.29, 1.82) is 0 Å². The first-order valence-corrected chi connectivity index (χ1v) is 9.55. The zero-order valence-electron chi connectivity index (χ0n) is 14.7. The van der Waals surface area contributed by atoms with E-state index in [2.05, 4.69) is 20.4 Å². The molecule has 7 heteroatoms. The van der Waals surface area contributed by atoms with E-state index in [4.69, 9.17) is 4.74 Å². The van der Waals surface area contributed by atoms with Crippen LogP contribution in [0.25, 0.3) is 0 Å². The molecule has 0 aromatic carbocycles. The number of hydrogen-bond acceptors (Lipinski definition) is 6. The summed E-state index contributed by atoms with van der Waals surface area (Å²) in [6.45, 7) is 1.02. The second kappa shape index (κ2) is 6.46. The largest absolute Gasteiger partial charge is 0.377 e. The Morgan fingerprint density at radius 3 is 2.73 bits per heavy atom. The van der Waals surface area contributed by atoms with Crippen LogP contribution in [0.3, 0.4) is 0 Å². The van der Waals surface area contributed by atoms with E-state index in [0.29, 0.717) is 25.0 Å². The van der Waals surface area contributed by atoms with Gasteiger partial charge in [0.25, 0.3) is 5.56 Å². The fourth-order valence-corrected chi connectivity index (χ4v) is 3.70. The normalized spacial score (nSPS) is 25.8. The zero-order valence-corrected chi connectivity index (χ0v) is 14.7. The highest BCUT2D eigenvalue weighted by Gasteiger charge is 2.33. The van der Waals surface area contributed by atoms with Crippen LogP contribution in [0.15, 0.2) is 29.2 Å². The maximum Gasteiger partial charge on any atom is 0.267 e. The van der Waals surface area contributed by atoms with Gasteiger partial charge in [0.15, 0.2) is 0 Å². The maximum absolute atomic E-state index is 12.4. The predicted octanol–water partition coefficient (Wildman–Crippen LogP) is 2.23. The summed E-state index contributed by atoms with van der Waals surface area (Å²) in [5, 5.41) is 8.08. The Labute approximate surface area is 151 Å². The van der Waals surface area contributed by atoms with Crippen LogP contribution >= 0.6 is 0 Å². The second-order valence-corrected chi connectivity index (χ2v) is 7.60. The monoisotopic (exact) mass is 353 g/mol. The average molecular weight is 353 g/mol. The lowest BCUT2D eigenvalue weighted by molar-refractivity contribution is 0.182. The third-order valence-electron chi connectivity index (χ3n) is 5.68. The molecule has 0 radical (unpaired) electrons. The van der Waals surface area contributed by atoms with Crippen molar-refractivity contribution < 1.29 is 4.74 Å². The van der Waals surface area contributed by atoms with Crippen LogP contribution in [0.4, 0.5) is 5.82 Å². The predicted molar refractivity (Wildman–Crippen MR) is 96.4 cm³/mol. The number of aromatic nitrogens is 4. The van der Waals surface area contributed by atoms with Crippen molar-refractivity contribution in [1.82, 2.24) is 19.7 Å². The molecule has 0 amide bonds. The SMILES string of the molecule is O=c1ccc(C2CC2)nn1C1COCC1Nc1ccnc(C2CCC2)n1. The second-order valence-electron chi connectivity index (χ2n) is 7.60. The standard InChI is InChI=1S/C19H23N5O2/c25-18-7-6-14(12-4-5-12)23-24(18)16-11-26-10-15(16)21-17-8-9-20-19(22-17)13-2-1-3-13/h6-9,12-13,15-16H,1-5,10-11H2,(H,20,21,22). The first kappa shape index (κ1) is 15.9. The molecule has 1 saturated heterocycles. The van der Waals surface area contributed by atoms with Gasteiger partial charge in [0, 0.05) is 24.1 Å². The molecule has 3 aliphatic rings. The van der Waals surface area contributed by atoms with Crippen LogP contribution in [0.5, 0.6) is 0 Å². The van der Waals surface area contributed by atoms with Crippen molar-refractivity contribution in [3.63, 3.8) is 0 Å². The summed E-state index contributed by atoms with van der Waals surface area (Å²) in [6, 6.07) is 5.23. The van der Waals surface area contributed by atoms with Gasteiger partial charge in [0.05, 0.1) is 24.9 Å². The molecule has 26 heavy (non-hydrogen) atoms. The van der Waals surface area contributed by atoms with Crippen molar-refractivity contribution in [2.75, 3.05) is 18.5 Å². The molecule has 3 heterocycles. The Morgan fingerprint density at radius 1 is 1.08 bits per heavy atom. The van der Waals surface area contributed by atoms with Gasteiger partial charge in [-0.3, -0.25) is 4.79 Å². The van der Waals surface area contributed by atoms with Gasteiger partial charge < -0.3 is 10.1 Å². The quantitative estimate of drug-likeness (QED) is 0.888. The van der Waals surface area contributed by atoms with E-state index >= 15 is 0 Å². The van der Waals surface area contributed by atoms with Crippen molar-refractivity contribution in [3.8, 4) is 0 Å². The molecule has 1 N–H and O–H groups in total. The summed E-state index contributed by atoms with van der Waals surface area (Å²) in [5.74, 6) is 2.73. The van der Waals surface area contributed by atoms with Crippen LogP contribution in [0, 0.1) is 0 Å². The smallest absolute Gasteiger partial charge is 0.267 e. The van der Waals surface area contributed by atoms with Gasteiger partial charge in [0.2, 0.25) is 0 Å². The molecule has 136 valence electrons. The van der Waals surface area contributed by atoms with Gasteiger partial charge in [-0.2, -0.15) is 5.10 Å². The number of hydrogen-bond donors (Lipinski definition) is 1. The molecule has 0 bridgehead atoms. The lowest BCUT2D eigenvalue weighted by Crippen LogP contribution is -2.37. The van der Waals surface area contributed by atoms with Crippen LogP contribution in [-0.4, -0.2) is 39.0 Å². The Morgan fingerprint density at radius 2 is 1.96 bits per heavy atom. The van der Waals surface area contributed by atoms with Gasteiger partial charge in [-0.05, 0) is 37.8 Å². The van der Waals surface area contributed by atoms with E-state index < -0.39 is 0 Å². The molecule has 2 atom stereocenters. The molecule has 2 unspecified atom stereocenters. The van der Waals surface area contributed by atoms with E-state index in [1.54, 1.807) is 10.7 Å². The van der Waals surface area contributed by atoms with Crippen LogP contribution < -0.4 is 10.9 Å². The van der Waals surface area contributed by atoms with Crippen molar-refractivity contribution >= 4 is 5.82 Å². The lowest BCUT2D eigenvalue weighted by Gasteiger charge is -2.25. The molecule has 2 aromatic heterocycles. The highest BCUT2D eigenvalue weighted by atomic mass is 16.5. The highest BCUT2D eigenvalue weighted by molar-refractivity contribution is 5.36.